The normalized spacial score (nSPS) is 15.1. The van der Waals surface area contributed by atoms with Crippen molar-refractivity contribution in [2.24, 2.45) is 0 Å². The van der Waals surface area contributed by atoms with Crippen LogP contribution in [0.2, 0.25) is 0 Å². The molecule has 1 amide bonds. The first kappa shape index (κ1) is 10.7. The third-order valence-electron chi connectivity index (χ3n) is 2.74. The summed E-state index contributed by atoms with van der Waals surface area (Å²) < 4.78 is 0. The van der Waals surface area contributed by atoms with Crippen molar-refractivity contribution in [1.82, 2.24) is 4.90 Å². The minimum atomic E-state index is 0.0749. The zero-order valence-electron chi connectivity index (χ0n) is 9.10. The van der Waals surface area contributed by atoms with Gasteiger partial charge in [0.15, 0.2) is 0 Å². The Labute approximate surface area is 95.0 Å². The summed E-state index contributed by atoms with van der Waals surface area (Å²) >= 11 is 0. The SMILES string of the molecule is O=C(Cc1ccccc1O)N1CC=CCC1. The third kappa shape index (κ3) is 2.42. The Morgan fingerprint density at radius 2 is 2.12 bits per heavy atom. The van der Waals surface area contributed by atoms with Gasteiger partial charge in [0.1, 0.15) is 5.75 Å². The van der Waals surface area contributed by atoms with Crippen LogP contribution in [0.1, 0.15) is 12.0 Å². The third-order valence-corrected chi connectivity index (χ3v) is 2.74. The Morgan fingerprint density at radius 1 is 1.31 bits per heavy atom. The molecule has 1 N–H and O–H groups in total. The largest absolute Gasteiger partial charge is 0.508 e. The van der Waals surface area contributed by atoms with Gasteiger partial charge >= 0.3 is 0 Å². The fourth-order valence-corrected chi connectivity index (χ4v) is 1.80. The van der Waals surface area contributed by atoms with Gasteiger partial charge in [0.2, 0.25) is 5.91 Å². The minimum Gasteiger partial charge on any atom is -0.508 e. The molecule has 1 aliphatic heterocycles. The van der Waals surface area contributed by atoms with Crippen molar-refractivity contribution in [1.29, 1.82) is 0 Å². The van der Waals surface area contributed by atoms with Crippen LogP contribution in [0.3, 0.4) is 0 Å². The first-order chi connectivity index (χ1) is 7.77. The molecule has 0 saturated carbocycles. The van der Waals surface area contributed by atoms with Crippen LogP contribution in [0, 0.1) is 0 Å². The summed E-state index contributed by atoms with van der Waals surface area (Å²) in [5.74, 6) is 0.272. The van der Waals surface area contributed by atoms with E-state index in [1.807, 2.05) is 17.0 Å². The number of rotatable bonds is 2. The summed E-state index contributed by atoms with van der Waals surface area (Å²) in [5, 5.41) is 9.57. The van der Waals surface area contributed by atoms with Gasteiger partial charge in [-0.15, -0.1) is 0 Å². The van der Waals surface area contributed by atoms with E-state index in [2.05, 4.69) is 6.08 Å². The van der Waals surface area contributed by atoms with E-state index in [4.69, 9.17) is 0 Å². The van der Waals surface area contributed by atoms with E-state index in [1.165, 1.54) is 0 Å². The number of carbonyl (C=O) groups is 1. The molecule has 0 radical (unpaired) electrons. The summed E-state index contributed by atoms with van der Waals surface area (Å²) in [5.41, 5.74) is 0.696. The van der Waals surface area contributed by atoms with Gasteiger partial charge in [0.25, 0.3) is 0 Å². The van der Waals surface area contributed by atoms with Crippen LogP contribution < -0.4 is 0 Å². The van der Waals surface area contributed by atoms with Crippen molar-refractivity contribution in [3.05, 3.63) is 42.0 Å². The van der Waals surface area contributed by atoms with E-state index in [0.717, 1.165) is 13.0 Å². The Bertz CT molecular complexity index is 412. The predicted molar refractivity (Wildman–Crippen MR) is 62.1 cm³/mol. The average Bonchev–Trinajstić information content (AvgIpc) is 2.33. The topological polar surface area (TPSA) is 40.5 Å². The summed E-state index contributed by atoms with van der Waals surface area (Å²) in [6.07, 6.45) is 5.29. The molecule has 0 fully saturated rings. The van der Waals surface area contributed by atoms with E-state index < -0.39 is 0 Å². The lowest BCUT2D eigenvalue weighted by Crippen LogP contribution is -2.34. The molecular formula is C13H15NO2. The van der Waals surface area contributed by atoms with Crippen molar-refractivity contribution in [3.63, 3.8) is 0 Å². The number of carbonyl (C=O) groups excluding carboxylic acids is 1. The standard InChI is InChI=1S/C13H15NO2/c15-12-7-3-2-6-11(12)10-13(16)14-8-4-1-5-9-14/h1-4,6-7,15H,5,8-10H2. The quantitative estimate of drug-likeness (QED) is 0.766. The molecule has 1 aromatic rings. The molecule has 0 bridgehead atoms. The first-order valence-corrected chi connectivity index (χ1v) is 5.47. The van der Waals surface area contributed by atoms with Crippen molar-refractivity contribution >= 4 is 5.91 Å². The highest BCUT2D eigenvalue weighted by molar-refractivity contribution is 5.79. The smallest absolute Gasteiger partial charge is 0.227 e. The maximum Gasteiger partial charge on any atom is 0.227 e. The number of amides is 1. The molecular weight excluding hydrogens is 202 g/mol. The predicted octanol–water partition coefficient (Wildman–Crippen LogP) is 1.72. The Kier molecular flexibility index (Phi) is 3.25. The van der Waals surface area contributed by atoms with E-state index in [1.54, 1.807) is 18.2 Å². The zero-order valence-corrected chi connectivity index (χ0v) is 9.10. The molecule has 0 saturated heterocycles. The second-order valence-electron chi connectivity index (χ2n) is 3.91. The van der Waals surface area contributed by atoms with Crippen LogP contribution in [0.25, 0.3) is 0 Å². The van der Waals surface area contributed by atoms with Crippen molar-refractivity contribution < 1.29 is 9.90 Å². The van der Waals surface area contributed by atoms with Crippen molar-refractivity contribution in [2.75, 3.05) is 13.1 Å². The van der Waals surface area contributed by atoms with E-state index in [0.29, 0.717) is 12.1 Å². The van der Waals surface area contributed by atoms with E-state index >= 15 is 0 Å². The second-order valence-corrected chi connectivity index (χ2v) is 3.91. The van der Waals surface area contributed by atoms with Crippen molar-refractivity contribution in [2.45, 2.75) is 12.8 Å². The number of phenols is 1. The lowest BCUT2D eigenvalue weighted by molar-refractivity contribution is -0.130. The number of aromatic hydroxyl groups is 1. The minimum absolute atomic E-state index is 0.0749. The van der Waals surface area contributed by atoms with Gasteiger partial charge in [-0.25, -0.2) is 0 Å². The molecule has 3 nitrogen and oxygen atoms in total. The number of hydrogen-bond donors (Lipinski definition) is 1. The van der Waals surface area contributed by atoms with E-state index in [-0.39, 0.29) is 18.1 Å². The van der Waals surface area contributed by atoms with Gasteiger partial charge < -0.3 is 10.0 Å². The first-order valence-electron chi connectivity index (χ1n) is 5.47. The number of hydrogen-bond acceptors (Lipinski definition) is 2. The van der Waals surface area contributed by atoms with Gasteiger partial charge in [-0.05, 0) is 12.5 Å². The summed E-state index contributed by atoms with van der Waals surface area (Å²) in [7, 11) is 0. The van der Waals surface area contributed by atoms with Gasteiger partial charge in [-0.1, -0.05) is 30.4 Å². The van der Waals surface area contributed by atoms with Gasteiger partial charge in [-0.3, -0.25) is 4.79 Å². The molecule has 1 aromatic carbocycles. The number of nitrogens with zero attached hydrogens (tertiary/aromatic N) is 1. The Balaban J connectivity index is 2.02. The Hall–Kier alpha value is -1.77. The lowest BCUT2D eigenvalue weighted by Gasteiger charge is -2.23. The second kappa shape index (κ2) is 4.84. The Morgan fingerprint density at radius 3 is 2.81 bits per heavy atom. The number of benzene rings is 1. The van der Waals surface area contributed by atoms with Crippen LogP contribution in [-0.2, 0) is 11.2 Å². The van der Waals surface area contributed by atoms with Gasteiger partial charge in [0.05, 0.1) is 6.42 Å². The lowest BCUT2D eigenvalue weighted by atomic mass is 10.1. The molecule has 0 aromatic heterocycles. The fourth-order valence-electron chi connectivity index (χ4n) is 1.80. The highest BCUT2D eigenvalue weighted by Crippen LogP contribution is 2.17. The van der Waals surface area contributed by atoms with Crippen LogP contribution in [-0.4, -0.2) is 29.0 Å². The number of para-hydroxylation sites is 1. The maximum atomic E-state index is 11.9. The monoisotopic (exact) mass is 217 g/mol. The zero-order chi connectivity index (χ0) is 11.4. The molecule has 2 rings (SSSR count). The van der Waals surface area contributed by atoms with Crippen LogP contribution in [0.4, 0.5) is 0 Å². The fraction of sp³-hybridized carbons (Fsp3) is 0.308. The van der Waals surface area contributed by atoms with Gasteiger partial charge in [0, 0.05) is 18.7 Å². The molecule has 1 aliphatic rings. The highest BCUT2D eigenvalue weighted by atomic mass is 16.3. The van der Waals surface area contributed by atoms with Crippen LogP contribution in [0.5, 0.6) is 5.75 Å². The van der Waals surface area contributed by atoms with E-state index in [9.17, 15) is 9.90 Å². The molecule has 0 atom stereocenters. The van der Waals surface area contributed by atoms with Gasteiger partial charge in [-0.2, -0.15) is 0 Å². The molecule has 84 valence electrons. The molecule has 0 aliphatic carbocycles. The molecule has 3 heteroatoms. The summed E-state index contributed by atoms with van der Waals surface area (Å²) in [6.45, 7) is 1.47. The average molecular weight is 217 g/mol. The maximum absolute atomic E-state index is 11.9. The molecule has 1 heterocycles. The van der Waals surface area contributed by atoms with Crippen LogP contribution in [0.15, 0.2) is 36.4 Å². The summed E-state index contributed by atoms with van der Waals surface area (Å²) in [4.78, 5) is 13.7. The van der Waals surface area contributed by atoms with Crippen LogP contribution >= 0.6 is 0 Å². The molecule has 0 unspecified atom stereocenters. The molecule has 16 heavy (non-hydrogen) atoms. The number of phenolic OH excluding ortho intramolecular Hbond substituents is 1. The summed E-state index contributed by atoms with van der Waals surface area (Å²) in [6, 6.07) is 6.98. The van der Waals surface area contributed by atoms with Crippen molar-refractivity contribution in [3.8, 4) is 5.75 Å². The highest BCUT2D eigenvalue weighted by Gasteiger charge is 2.15. The molecule has 0 spiro atoms.